The summed E-state index contributed by atoms with van der Waals surface area (Å²) in [5.41, 5.74) is 0.724. The van der Waals surface area contributed by atoms with Gasteiger partial charge >= 0.3 is 0 Å². The largest absolute Gasteiger partial charge is 0.394 e. The Bertz CT molecular complexity index is 496. The Morgan fingerprint density at radius 1 is 1.41 bits per heavy atom. The molecular weight excluding hydrogens is 222 g/mol. The van der Waals surface area contributed by atoms with Crippen molar-refractivity contribution < 1.29 is 9.84 Å². The fraction of sp³-hybridized carbons (Fsp3) is 0.500. The third kappa shape index (κ3) is 2.34. The second-order valence-electron chi connectivity index (χ2n) is 3.73. The Hall–Kier alpha value is -1.73. The van der Waals surface area contributed by atoms with Gasteiger partial charge in [-0.15, -0.1) is 0 Å². The van der Waals surface area contributed by atoms with E-state index in [2.05, 4.69) is 15.1 Å². The van der Waals surface area contributed by atoms with Crippen LogP contribution in [0.25, 0.3) is 11.0 Å². The van der Waals surface area contributed by atoms with Crippen LogP contribution >= 0.6 is 0 Å². The summed E-state index contributed by atoms with van der Waals surface area (Å²) in [5, 5.41) is 13.7. The molecule has 7 heteroatoms. The number of anilines is 1. The van der Waals surface area contributed by atoms with Crippen LogP contribution in [0.3, 0.4) is 0 Å². The summed E-state index contributed by atoms with van der Waals surface area (Å²) >= 11 is 0. The number of rotatable bonds is 5. The van der Waals surface area contributed by atoms with Crippen LogP contribution in [0.2, 0.25) is 0 Å². The second kappa shape index (κ2) is 5.07. The van der Waals surface area contributed by atoms with E-state index >= 15 is 0 Å². The molecule has 0 fully saturated rings. The molecular formula is C10H15N5O2. The lowest BCUT2D eigenvalue weighted by molar-refractivity contribution is 0.0439. The lowest BCUT2D eigenvalue weighted by Gasteiger charge is -2.11. The highest BCUT2D eigenvalue weighted by Gasteiger charge is 2.10. The smallest absolute Gasteiger partial charge is 0.165 e. The molecule has 0 radical (unpaired) electrons. The lowest BCUT2D eigenvalue weighted by Crippen LogP contribution is -2.12. The fourth-order valence-electron chi connectivity index (χ4n) is 1.55. The van der Waals surface area contributed by atoms with Crippen LogP contribution in [0.15, 0.2) is 12.5 Å². The van der Waals surface area contributed by atoms with Gasteiger partial charge in [0.25, 0.3) is 0 Å². The molecule has 0 aliphatic carbocycles. The van der Waals surface area contributed by atoms with E-state index in [0.717, 1.165) is 16.9 Å². The van der Waals surface area contributed by atoms with Gasteiger partial charge in [0.15, 0.2) is 5.65 Å². The van der Waals surface area contributed by atoms with E-state index < -0.39 is 0 Å². The second-order valence-corrected chi connectivity index (χ2v) is 3.73. The van der Waals surface area contributed by atoms with Crippen LogP contribution in [0.4, 0.5) is 5.82 Å². The van der Waals surface area contributed by atoms with Gasteiger partial charge < -0.3 is 14.7 Å². The Kier molecular flexibility index (Phi) is 3.50. The first-order valence-electron chi connectivity index (χ1n) is 5.26. The molecule has 1 N–H and O–H groups in total. The monoisotopic (exact) mass is 237 g/mol. The predicted molar refractivity (Wildman–Crippen MR) is 62.7 cm³/mol. The highest BCUT2D eigenvalue weighted by Crippen LogP contribution is 2.20. The molecule has 0 aliphatic heterocycles. The molecule has 0 atom stereocenters. The maximum atomic E-state index is 8.64. The van der Waals surface area contributed by atoms with Gasteiger partial charge in [-0.25, -0.2) is 14.6 Å². The molecule has 0 saturated carbocycles. The van der Waals surface area contributed by atoms with E-state index in [-0.39, 0.29) is 19.9 Å². The topological polar surface area (TPSA) is 76.3 Å². The number of aliphatic hydroxyl groups excluding tert-OH is 1. The zero-order chi connectivity index (χ0) is 12.3. The Balaban J connectivity index is 2.31. The number of aromatic nitrogens is 4. The molecule has 0 unspecified atom stereocenters. The van der Waals surface area contributed by atoms with Gasteiger partial charge in [0.2, 0.25) is 0 Å². The SMILES string of the molecule is CN(C)c1ncnc2c1cnn2COCCO. The molecule has 0 aromatic carbocycles. The third-order valence-corrected chi connectivity index (χ3v) is 2.29. The number of aliphatic hydroxyl groups is 1. The highest BCUT2D eigenvalue weighted by atomic mass is 16.5. The third-order valence-electron chi connectivity index (χ3n) is 2.29. The minimum absolute atomic E-state index is 0.00284. The molecule has 0 amide bonds. The molecule has 2 rings (SSSR count). The van der Waals surface area contributed by atoms with Crippen molar-refractivity contribution in [2.45, 2.75) is 6.73 Å². The van der Waals surface area contributed by atoms with E-state index in [1.165, 1.54) is 6.33 Å². The zero-order valence-electron chi connectivity index (χ0n) is 9.87. The fourth-order valence-corrected chi connectivity index (χ4v) is 1.55. The van der Waals surface area contributed by atoms with Crippen molar-refractivity contribution in [3.63, 3.8) is 0 Å². The quantitative estimate of drug-likeness (QED) is 0.729. The molecule has 17 heavy (non-hydrogen) atoms. The molecule has 0 aliphatic rings. The number of ether oxygens (including phenoxy) is 1. The number of fused-ring (bicyclic) bond motifs is 1. The normalized spacial score (nSPS) is 11.0. The molecule has 2 heterocycles. The predicted octanol–water partition coefficient (Wildman–Crippen LogP) is -0.141. The summed E-state index contributed by atoms with van der Waals surface area (Å²) in [4.78, 5) is 10.3. The first-order valence-corrected chi connectivity index (χ1v) is 5.26. The molecule has 7 nitrogen and oxygen atoms in total. The summed E-state index contributed by atoms with van der Waals surface area (Å²) in [7, 11) is 3.84. The van der Waals surface area contributed by atoms with E-state index in [9.17, 15) is 0 Å². The minimum atomic E-state index is -0.00284. The van der Waals surface area contributed by atoms with E-state index in [1.807, 2.05) is 19.0 Å². The van der Waals surface area contributed by atoms with Gasteiger partial charge in [0, 0.05) is 14.1 Å². The van der Waals surface area contributed by atoms with Gasteiger partial charge in [-0.05, 0) is 0 Å². The summed E-state index contributed by atoms with van der Waals surface area (Å²) < 4.78 is 6.85. The van der Waals surface area contributed by atoms with Crippen molar-refractivity contribution in [1.82, 2.24) is 19.7 Å². The van der Waals surface area contributed by atoms with E-state index in [1.54, 1.807) is 10.9 Å². The average molecular weight is 237 g/mol. The molecule has 2 aromatic rings. The molecule has 92 valence electrons. The molecule has 2 aromatic heterocycles. The van der Waals surface area contributed by atoms with Crippen molar-refractivity contribution in [2.75, 3.05) is 32.2 Å². The van der Waals surface area contributed by atoms with Gasteiger partial charge in [-0.1, -0.05) is 0 Å². The lowest BCUT2D eigenvalue weighted by atomic mass is 10.4. The maximum Gasteiger partial charge on any atom is 0.165 e. The van der Waals surface area contributed by atoms with Crippen LogP contribution < -0.4 is 4.90 Å². The molecule has 0 spiro atoms. The van der Waals surface area contributed by atoms with Gasteiger partial charge in [0.1, 0.15) is 18.9 Å². The Morgan fingerprint density at radius 3 is 2.94 bits per heavy atom. The summed E-state index contributed by atoms with van der Waals surface area (Å²) in [6, 6.07) is 0. The molecule has 0 saturated heterocycles. The standard InChI is InChI=1S/C10H15N5O2/c1-14(2)9-8-5-13-15(7-17-4-3-16)10(8)12-6-11-9/h5-6,16H,3-4,7H2,1-2H3. The van der Waals surface area contributed by atoms with Crippen molar-refractivity contribution in [3.8, 4) is 0 Å². The summed E-state index contributed by atoms with van der Waals surface area (Å²) in [6.07, 6.45) is 3.22. The van der Waals surface area contributed by atoms with Gasteiger partial charge in [-0.2, -0.15) is 5.10 Å². The van der Waals surface area contributed by atoms with E-state index in [0.29, 0.717) is 0 Å². The van der Waals surface area contributed by atoms with Gasteiger partial charge in [0.05, 0.1) is 24.8 Å². The van der Waals surface area contributed by atoms with Crippen molar-refractivity contribution in [2.24, 2.45) is 0 Å². The number of nitrogens with zero attached hydrogens (tertiary/aromatic N) is 5. The van der Waals surface area contributed by atoms with Gasteiger partial charge in [-0.3, -0.25) is 0 Å². The molecule has 0 bridgehead atoms. The zero-order valence-corrected chi connectivity index (χ0v) is 9.87. The van der Waals surface area contributed by atoms with E-state index in [4.69, 9.17) is 9.84 Å². The van der Waals surface area contributed by atoms with Crippen molar-refractivity contribution in [3.05, 3.63) is 12.5 Å². The van der Waals surface area contributed by atoms with Crippen LogP contribution in [0.1, 0.15) is 0 Å². The Labute approximate surface area is 98.7 Å². The van der Waals surface area contributed by atoms with Crippen LogP contribution in [-0.2, 0) is 11.5 Å². The van der Waals surface area contributed by atoms with Crippen molar-refractivity contribution in [1.29, 1.82) is 0 Å². The first-order chi connectivity index (χ1) is 8.24. The van der Waals surface area contributed by atoms with Crippen LogP contribution in [-0.4, -0.2) is 52.2 Å². The van der Waals surface area contributed by atoms with Crippen molar-refractivity contribution >= 4 is 16.9 Å². The summed E-state index contributed by atoms with van der Waals surface area (Å²) in [5.74, 6) is 0.823. The van der Waals surface area contributed by atoms with Crippen LogP contribution in [0.5, 0.6) is 0 Å². The highest BCUT2D eigenvalue weighted by molar-refractivity contribution is 5.86. The van der Waals surface area contributed by atoms with Crippen LogP contribution in [0, 0.1) is 0 Å². The average Bonchev–Trinajstić information content (AvgIpc) is 2.72. The minimum Gasteiger partial charge on any atom is -0.394 e. The maximum absolute atomic E-state index is 8.64. The Morgan fingerprint density at radius 2 is 2.24 bits per heavy atom. The first kappa shape index (κ1) is 11.7. The summed E-state index contributed by atoms with van der Waals surface area (Å²) in [6.45, 7) is 0.554. The number of hydrogen-bond donors (Lipinski definition) is 1. The number of hydrogen-bond acceptors (Lipinski definition) is 6.